The summed E-state index contributed by atoms with van der Waals surface area (Å²) in [6.45, 7) is 3.48. The van der Waals surface area contributed by atoms with Crippen molar-refractivity contribution in [3.8, 4) is 0 Å². The first kappa shape index (κ1) is 19.5. The van der Waals surface area contributed by atoms with Gasteiger partial charge in [-0.15, -0.1) is 11.3 Å². The molecule has 142 valence electrons. The standard InChI is InChI=1S/C19H19FN2O3S2/c1-11-8-9-13(27(24,25)22(3)4)10-15(11)21-19(23)18-12(2)17-14(20)6-5-7-16(17)26-18/h5-10H,1-4H3,(H,21,23). The number of carbonyl (C=O) groups is 1. The molecule has 0 unspecified atom stereocenters. The van der Waals surface area contributed by atoms with E-state index in [0.717, 1.165) is 9.87 Å². The molecule has 1 aromatic heterocycles. The third-order valence-electron chi connectivity index (χ3n) is 4.35. The molecule has 0 aliphatic rings. The summed E-state index contributed by atoms with van der Waals surface area (Å²) in [7, 11) is -0.722. The van der Waals surface area contributed by atoms with Gasteiger partial charge in [0.2, 0.25) is 10.0 Å². The van der Waals surface area contributed by atoms with E-state index in [2.05, 4.69) is 5.32 Å². The third-order valence-corrected chi connectivity index (χ3v) is 7.41. The number of hydrogen-bond acceptors (Lipinski definition) is 4. The number of anilines is 1. The van der Waals surface area contributed by atoms with E-state index in [1.54, 1.807) is 32.0 Å². The predicted octanol–water partition coefficient (Wildman–Crippen LogP) is 4.16. The Labute approximate surface area is 161 Å². The Hall–Kier alpha value is -2.29. The van der Waals surface area contributed by atoms with Crippen LogP contribution in [0.1, 0.15) is 20.8 Å². The number of amides is 1. The van der Waals surface area contributed by atoms with Gasteiger partial charge in [0, 0.05) is 29.9 Å². The Bertz CT molecular complexity index is 1150. The van der Waals surface area contributed by atoms with Crippen LogP contribution in [0.2, 0.25) is 0 Å². The Balaban J connectivity index is 2.00. The van der Waals surface area contributed by atoms with Gasteiger partial charge < -0.3 is 5.32 Å². The predicted molar refractivity (Wildman–Crippen MR) is 107 cm³/mol. The van der Waals surface area contributed by atoms with Crippen LogP contribution in [0.15, 0.2) is 41.3 Å². The zero-order valence-corrected chi connectivity index (χ0v) is 17.0. The molecule has 0 saturated heterocycles. The largest absolute Gasteiger partial charge is 0.321 e. The number of nitrogens with zero attached hydrogens (tertiary/aromatic N) is 1. The summed E-state index contributed by atoms with van der Waals surface area (Å²) < 4.78 is 40.6. The zero-order valence-electron chi connectivity index (χ0n) is 15.3. The number of rotatable bonds is 4. The summed E-state index contributed by atoms with van der Waals surface area (Å²) in [6, 6.07) is 9.32. The van der Waals surface area contributed by atoms with Crippen LogP contribution >= 0.6 is 11.3 Å². The molecule has 3 aromatic rings. The second kappa shape index (κ2) is 7.03. The summed E-state index contributed by atoms with van der Waals surface area (Å²) in [5, 5.41) is 3.20. The molecule has 2 aromatic carbocycles. The molecule has 0 atom stereocenters. The van der Waals surface area contributed by atoms with Gasteiger partial charge in [-0.3, -0.25) is 4.79 Å². The molecular weight excluding hydrogens is 387 g/mol. The van der Waals surface area contributed by atoms with Crippen LogP contribution in [0.5, 0.6) is 0 Å². The van der Waals surface area contributed by atoms with Gasteiger partial charge in [-0.05, 0) is 49.2 Å². The van der Waals surface area contributed by atoms with Gasteiger partial charge in [0.1, 0.15) is 5.82 Å². The third kappa shape index (κ3) is 3.47. The van der Waals surface area contributed by atoms with Crippen LogP contribution in [0.25, 0.3) is 10.1 Å². The number of sulfonamides is 1. The van der Waals surface area contributed by atoms with Crippen molar-refractivity contribution < 1.29 is 17.6 Å². The molecule has 27 heavy (non-hydrogen) atoms. The quantitative estimate of drug-likeness (QED) is 0.707. The Morgan fingerprint density at radius 2 is 1.85 bits per heavy atom. The summed E-state index contributed by atoms with van der Waals surface area (Å²) >= 11 is 1.21. The van der Waals surface area contributed by atoms with Crippen molar-refractivity contribution in [3.63, 3.8) is 0 Å². The SMILES string of the molecule is Cc1ccc(S(=O)(=O)N(C)C)cc1NC(=O)c1sc2cccc(F)c2c1C. The first-order valence-corrected chi connectivity index (χ1v) is 10.4. The van der Waals surface area contributed by atoms with Crippen LogP contribution in [-0.2, 0) is 10.0 Å². The lowest BCUT2D eigenvalue weighted by atomic mass is 10.1. The zero-order chi connectivity index (χ0) is 19.9. The lowest BCUT2D eigenvalue weighted by molar-refractivity contribution is 0.103. The molecule has 0 aliphatic heterocycles. The minimum absolute atomic E-state index is 0.0903. The van der Waals surface area contributed by atoms with E-state index in [1.807, 2.05) is 0 Å². The maximum atomic E-state index is 14.1. The van der Waals surface area contributed by atoms with Gasteiger partial charge in [0.15, 0.2) is 0 Å². The Morgan fingerprint density at radius 1 is 1.15 bits per heavy atom. The highest BCUT2D eigenvalue weighted by atomic mass is 32.2. The molecule has 3 rings (SSSR count). The molecule has 8 heteroatoms. The minimum atomic E-state index is -3.62. The molecule has 0 aliphatic carbocycles. The van der Waals surface area contributed by atoms with E-state index in [-0.39, 0.29) is 10.7 Å². The summed E-state index contributed by atoms with van der Waals surface area (Å²) in [5.74, 6) is -0.758. The van der Waals surface area contributed by atoms with E-state index in [4.69, 9.17) is 0 Å². The first-order valence-electron chi connectivity index (χ1n) is 8.15. The number of nitrogens with one attached hydrogen (secondary N) is 1. The van der Waals surface area contributed by atoms with E-state index in [9.17, 15) is 17.6 Å². The monoisotopic (exact) mass is 406 g/mol. The molecule has 1 N–H and O–H groups in total. The van der Waals surface area contributed by atoms with Gasteiger partial charge in [-0.25, -0.2) is 17.1 Å². The van der Waals surface area contributed by atoms with E-state index in [1.165, 1.54) is 43.6 Å². The fourth-order valence-corrected chi connectivity index (χ4v) is 4.80. The average molecular weight is 407 g/mol. The number of fused-ring (bicyclic) bond motifs is 1. The highest BCUT2D eigenvalue weighted by Gasteiger charge is 2.21. The normalized spacial score (nSPS) is 11.9. The molecule has 0 radical (unpaired) electrons. The molecule has 0 bridgehead atoms. The summed E-state index contributed by atoms with van der Waals surface area (Å²) in [5.41, 5.74) is 1.70. The second-order valence-corrected chi connectivity index (χ2v) is 9.59. The molecule has 0 fully saturated rings. The lowest BCUT2D eigenvalue weighted by Crippen LogP contribution is -2.22. The van der Waals surface area contributed by atoms with Crippen LogP contribution < -0.4 is 5.32 Å². The number of aryl methyl sites for hydroxylation is 2. The Kier molecular flexibility index (Phi) is 5.07. The van der Waals surface area contributed by atoms with Crippen molar-refractivity contribution in [2.45, 2.75) is 18.7 Å². The molecule has 0 saturated carbocycles. The van der Waals surface area contributed by atoms with E-state index < -0.39 is 15.9 Å². The van der Waals surface area contributed by atoms with Gasteiger partial charge in [0.25, 0.3) is 5.91 Å². The van der Waals surface area contributed by atoms with Gasteiger partial charge in [-0.1, -0.05) is 12.1 Å². The van der Waals surface area contributed by atoms with E-state index >= 15 is 0 Å². The number of thiophene rings is 1. The fourth-order valence-electron chi connectivity index (χ4n) is 2.76. The molecular formula is C19H19FN2O3S2. The molecule has 5 nitrogen and oxygen atoms in total. The highest BCUT2D eigenvalue weighted by Crippen LogP contribution is 2.33. The van der Waals surface area contributed by atoms with Crippen molar-refractivity contribution in [1.29, 1.82) is 0 Å². The first-order chi connectivity index (χ1) is 12.6. The number of benzene rings is 2. The topological polar surface area (TPSA) is 66.5 Å². The molecule has 1 amide bonds. The van der Waals surface area contributed by atoms with Gasteiger partial charge in [0.05, 0.1) is 9.77 Å². The van der Waals surface area contributed by atoms with Gasteiger partial charge >= 0.3 is 0 Å². The summed E-state index contributed by atoms with van der Waals surface area (Å²) in [6.07, 6.45) is 0. The van der Waals surface area contributed by atoms with Crippen molar-refractivity contribution in [2.75, 3.05) is 19.4 Å². The van der Waals surface area contributed by atoms with E-state index in [0.29, 0.717) is 26.2 Å². The fraction of sp³-hybridized carbons (Fsp3) is 0.211. The maximum absolute atomic E-state index is 14.1. The van der Waals surface area contributed by atoms with Crippen LogP contribution in [-0.4, -0.2) is 32.7 Å². The van der Waals surface area contributed by atoms with Crippen molar-refractivity contribution in [2.24, 2.45) is 0 Å². The lowest BCUT2D eigenvalue weighted by Gasteiger charge is -2.14. The minimum Gasteiger partial charge on any atom is -0.321 e. The highest BCUT2D eigenvalue weighted by molar-refractivity contribution is 7.89. The van der Waals surface area contributed by atoms with Crippen LogP contribution in [0.3, 0.4) is 0 Å². The second-order valence-electron chi connectivity index (χ2n) is 6.39. The van der Waals surface area contributed by atoms with Crippen molar-refractivity contribution in [3.05, 3.63) is 58.2 Å². The molecule has 0 spiro atoms. The average Bonchev–Trinajstić information content (AvgIpc) is 2.94. The van der Waals surface area contributed by atoms with Gasteiger partial charge in [-0.2, -0.15) is 0 Å². The Morgan fingerprint density at radius 3 is 2.48 bits per heavy atom. The maximum Gasteiger partial charge on any atom is 0.266 e. The summed E-state index contributed by atoms with van der Waals surface area (Å²) in [4.78, 5) is 13.3. The van der Waals surface area contributed by atoms with Crippen LogP contribution in [0, 0.1) is 19.7 Å². The molecule has 1 heterocycles. The van der Waals surface area contributed by atoms with Crippen LogP contribution in [0.4, 0.5) is 10.1 Å². The number of carbonyl (C=O) groups excluding carboxylic acids is 1. The number of hydrogen-bond donors (Lipinski definition) is 1. The smallest absolute Gasteiger partial charge is 0.266 e. The van der Waals surface area contributed by atoms with Crippen molar-refractivity contribution in [1.82, 2.24) is 4.31 Å². The number of halogens is 1. The van der Waals surface area contributed by atoms with Crippen molar-refractivity contribution >= 4 is 43.0 Å².